The summed E-state index contributed by atoms with van der Waals surface area (Å²) in [7, 11) is 0. The number of nitriles is 1. The molecule has 0 radical (unpaired) electrons. The van der Waals surface area contributed by atoms with Crippen molar-refractivity contribution in [3.05, 3.63) is 92.2 Å². The summed E-state index contributed by atoms with van der Waals surface area (Å²) in [6.45, 7) is 3.90. The van der Waals surface area contributed by atoms with Crippen LogP contribution in [0.15, 0.2) is 54.6 Å². The first-order chi connectivity index (χ1) is 12.9. The van der Waals surface area contributed by atoms with Crippen LogP contribution in [-0.4, -0.2) is 9.49 Å². The summed E-state index contributed by atoms with van der Waals surface area (Å²) in [6, 6.07) is 17.8. The minimum absolute atomic E-state index is 0.0480. The molecule has 0 saturated carbocycles. The Bertz CT molecular complexity index is 1090. The number of hydrogen-bond donors (Lipinski definition) is 0. The third kappa shape index (κ3) is 3.62. The minimum Gasteiger partial charge on any atom is -0.318 e. The van der Waals surface area contributed by atoms with Gasteiger partial charge in [0.05, 0.1) is 16.6 Å². The van der Waals surface area contributed by atoms with Crippen LogP contribution < -0.4 is 0 Å². The molecule has 1 heterocycles. The lowest BCUT2D eigenvalue weighted by Crippen LogP contribution is -1.99. The van der Waals surface area contributed by atoms with Gasteiger partial charge in [0, 0.05) is 39.8 Å². The van der Waals surface area contributed by atoms with E-state index in [0.29, 0.717) is 16.2 Å². The van der Waals surface area contributed by atoms with Crippen LogP contribution >= 0.6 is 11.6 Å². The molecule has 0 spiro atoms. The highest BCUT2D eigenvalue weighted by Crippen LogP contribution is 2.28. The number of allylic oxidation sites excluding steroid dienone is 1. The van der Waals surface area contributed by atoms with Crippen molar-refractivity contribution in [2.24, 2.45) is 0 Å². The molecule has 27 heavy (non-hydrogen) atoms. The fourth-order valence-corrected chi connectivity index (χ4v) is 3.30. The number of rotatable bonds is 4. The zero-order valence-corrected chi connectivity index (χ0v) is 15.6. The van der Waals surface area contributed by atoms with Crippen molar-refractivity contribution in [2.45, 2.75) is 13.8 Å². The van der Waals surface area contributed by atoms with E-state index in [1.165, 1.54) is 12.1 Å². The van der Waals surface area contributed by atoms with Gasteiger partial charge >= 0.3 is 0 Å². The molecule has 0 atom stereocenters. The lowest BCUT2D eigenvalue weighted by molar-refractivity contribution is -0.384. The summed E-state index contributed by atoms with van der Waals surface area (Å²) in [6.07, 6.45) is 1.81. The van der Waals surface area contributed by atoms with Gasteiger partial charge < -0.3 is 4.57 Å². The van der Waals surface area contributed by atoms with Gasteiger partial charge in [-0.15, -0.1) is 0 Å². The molecule has 2 aromatic carbocycles. The molecule has 0 amide bonds. The topological polar surface area (TPSA) is 71.9 Å². The van der Waals surface area contributed by atoms with Crippen LogP contribution in [0.1, 0.15) is 22.5 Å². The third-order valence-electron chi connectivity index (χ3n) is 4.37. The Morgan fingerprint density at radius 1 is 1.19 bits per heavy atom. The first kappa shape index (κ1) is 18.4. The molecule has 3 rings (SSSR count). The van der Waals surface area contributed by atoms with Crippen LogP contribution in [0, 0.1) is 35.3 Å². The quantitative estimate of drug-likeness (QED) is 0.331. The molecular weight excluding hydrogens is 362 g/mol. The Morgan fingerprint density at radius 2 is 1.85 bits per heavy atom. The van der Waals surface area contributed by atoms with Crippen molar-refractivity contribution in [1.82, 2.24) is 4.57 Å². The average molecular weight is 378 g/mol. The van der Waals surface area contributed by atoms with Gasteiger partial charge in [0.2, 0.25) is 0 Å². The number of nitro benzene ring substituents is 1. The van der Waals surface area contributed by atoms with Crippen molar-refractivity contribution >= 4 is 28.9 Å². The van der Waals surface area contributed by atoms with E-state index in [1.807, 2.05) is 48.8 Å². The lowest BCUT2D eigenvalue weighted by Gasteiger charge is -2.09. The van der Waals surface area contributed by atoms with E-state index in [9.17, 15) is 15.4 Å². The monoisotopic (exact) mass is 377 g/mol. The Hall–Kier alpha value is -3.36. The van der Waals surface area contributed by atoms with Crippen molar-refractivity contribution in [3.63, 3.8) is 0 Å². The summed E-state index contributed by atoms with van der Waals surface area (Å²) < 4.78 is 2.00. The summed E-state index contributed by atoms with van der Waals surface area (Å²) >= 11 is 6.22. The molecule has 0 saturated heterocycles. The number of non-ortho nitro benzene ring substituents is 1. The molecule has 0 aliphatic heterocycles. The number of aromatic nitrogens is 1. The molecule has 0 N–H and O–H groups in total. The van der Waals surface area contributed by atoms with Crippen molar-refractivity contribution in [3.8, 4) is 11.8 Å². The lowest BCUT2D eigenvalue weighted by atomic mass is 10.0. The van der Waals surface area contributed by atoms with Gasteiger partial charge in [-0.3, -0.25) is 10.1 Å². The highest BCUT2D eigenvalue weighted by Gasteiger charge is 2.13. The second-order valence-electron chi connectivity index (χ2n) is 6.09. The molecule has 0 bridgehead atoms. The summed E-state index contributed by atoms with van der Waals surface area (Å²) in [5.74, 6) is 0. The van der Waals surface area contributed by atoms with Crippen LogP contribution in [0.25, 0.3) is 17.3 Å². The van der Waals surface area contributed by atoms with E-state index >= 15 is 0 Å². The van der Waals surface area contributed by atoms with E-state index in [-0.39, 0.29) is 5.69 Å². The third-order valence-corrected chi connectivity index (χ3v) is 4.70. The van der Waals surface area contributed by atoms with Crippen LogP contribution in [0.3, 0.4) is 0 Å². The molecule has 0 aliphatic rings. The van der Waals surface area contributed by atoms with E-state index < -0.39 is 4.92 Å². The molecule has 134 valence electrons. The normalized spacial score (nSPS) is 11.3. The van der Waals surface area contributed by atoms with Crippen LogP contribution in [0.2, 0.25) is 5.02 Å². The van der Waals surface area contributed by atoms with Gasteiger partial charge in [-0.05, 0) is 49.8 Å². The van der Waals surface area contributed by atoms with Crippen LogP contribution in [0.4, 0.5) is 5.69 Å². The largest absolute Gasteiger partial charge is 0.318 e. The molecule has 1 aromatic heterocycles. The maximum atomic E-state index is 10.9. The minimum atomic E-state index is -0.421. The highest BCUT2D eigenvalue weighted by molar-refractivity contribution is 6.32. The summed E-state index contributed by atoms with van der Waals surface area (Å²) in [4.78, 5) is 10.4. The first-order valence-corrected chi connectivity index (χ1v) is 8.60. The molecule has 3 aromatic rings. The molecule has 5 nitrogen and oxygen atoms in total. The zero-order valence-electron chi connectivity index (χ0n) is 14.8. The number of hydrogen-bond acceptors (Lipinski definition) is 3. The number of aryl methyl sites for hydroxylation is 1. The fraction of sp³-hybridized carbons (Fsp3) is 0.0952. The second-order valence-corrected chi connectivity index (χ2v) is 6.49. The predicted octanol–water partition coefficient (Wildman–Crippen LogP) is 5.72. The maximum absolute atomic E-state index is 10.9. The second kappa shape index (κ2) is 7.48. The van der Waals surface area contributed by atoms with Gasteiger partial charge in [0.25, 0.3) is 5.69 Å². The van der Waals surface area contributed by atoms with E-state index in [1.54, 1.807) is 18.2 Å². The smallest absolute Gasteiger partial charge is 0.269 e. The van der Waals surface area contributed by atoms with Crippen LogP contribution in [-0.2, 0) is 0 Å². The van der Waals surface area contributed by atoms with Gasteiger partial charge in [-0.2, -0.15) is 5.26 Å². The Kier molecular flexibility index (Phi) is 5.11. The molecular formula is C21H16ClN3O2. The van der Waals surface area contributed by atoms with E-state index in [4.69, 9.17) is 11.6 Å². The number of nitro groups is 1. The summed E-state index contributed by atoms with van der Waals surface area (Å²) in [5.41, 5.74) is 4.82. The predicted molar refractivity (Wildman–Crippen MR) is 107 cm³/mol. The number of halogens is 1. The van der Waals surface area contributed by atoms with Crippen molar-refractivity contribution in [2.75, 3.05) is 0 Å². The molecule has 0 fully saturated rings. The summed E-state index contributed by atoms with van der Waals surface area (Å²) in [5, 5.41) is 21.0. The van der Waals surface area contributed by atoms with E-state index in [0.717, 1.165) is 22.6 Å². The Morgan fingerprint density at radius 3 is 2.44 bits per heavy atom. The highest BCUT2D eigenvalue weighted by atomic mass is 35.5. The fourth-order valence-electron chi connectivity index (χ4n) is 3.06. The number of benzene rings is 2. The standard InChI is InChI=1S/C21H16ClN3O2/c1-14-11-16(12-17(13-23)20-5-3-4-6-21(20)22)15(2)24(14)18-7-9-19(10-8-18)25(26)27/h3-12H,1-2H3/b17-12+. The van der Waals surface area contributed by atoms with E-state index in [2.05, 4.69) is 6.07 Å². The molecule has 0 unspecified atom stereocenters. The van der Waals surface area contributed by atoms with Gasteiger partial charge in [-0.1, -0.05) is 29.8 Å². The molecule has 0 aliphatic carbocycles. The first-order valence-electron chi connectivity index (χ1n) is 8.23. The maximum Gasteiger partial charge on any atom is 0.269 e. The Balaban J connectivity index is 2.07. The van der Waals surface area contributed by atoms with Crippen molar-refractivity contribution < 1.29 is 4.92 Å². The van der Waals surface area contributed by atoms with Gasteiger partial charge in [-0.25, -0.2) is 0 Å². The molecule has 6 heteroatoms. The van der Waals surface area contributed by atoms with Gasteiger partial charge in [0.1, 0.15) is 0 Å². The van der Waals surface area contributed by atoms with Crippen molar-refractivity contribution in [1.29, 1.82) is 5.26 Å². The average Bonchev–Trinajstić information content (AvgIpc) is 2.93. The zero-order chi connectivity index (χ0) is 19.6. The Labute approximate surface area is 161 Å². The van der Waals surface area contributed by atoms with Gasteiger partial charge in [0.15, 0.2) is 0 Å². The number of nitrogens with zero attached hydrogens (tertiary/aromatic N) is 3. The SMILES string of the molecule is Cc1cc(/C=C(\C#N)c2ccccc2Cl)c(C)n1-c1ccc([N+](=O)[O-])cc1. The van der Waals surface area contributed by atoms with Crippen LogP contribution in [0.5, 0.6) is 0 Å².